The summed E-state index contributed by atoms with van der Waals surface area (Å²) in [6.07, 6.45) is 3.38. The normalized spacial score (nSPS) is 10.7. The van der Waals surface area contributed by atoms with E-state index in [4.69, 9.17) is 4.42 Å². The number of hydrogen-bond donors (Lipinski definition) is 0. The first-order chi connectivity index (χ1) is 5.29. The maximum absolute atomic E-state index is 5.22. The predicted octanol–water partition coefficient (Wildman–Crippen LogP) is 3.35. The smallest absolute Gasteiger partial charge is 0.167 e. The molecular formula is C7H3Br2NO. The van der Waals surface area contributed by atoms with E-state index in [9.17, 15) is 0 Å². The lowest BCUT2D eigenvalue weighted by Crippen LogP contribution is -1.72. The molecule has 2 aromatic heterocycles. The molecule has 0 spiro atoms. The van der Waals surface area contributed by atoms with Gasteiger partial charge in [-0.25, -0.2) is 4.98 Å². The molecular weight excluding hydrogens is 274 g/mol. The number of halogens is 2. The van der Waals surface area contributed by atoms with Crippen LogP contribution in [-0.2, 0) is 0 Å². The SMILES string of the molecule is Brc1coc2c(Br)nccc12. The van der Waals surface area contributed by atoms with E-state index in [0.717, 1.165) is 20.0 Å². The minimum atomic E-state index is 0.737. The Labute approximate surface area is 79.9 Å². The summed E-state index contributed by atoms with van der Waals surface area (Å²) in [5.41, 5.74) is 0.777. The molecule has 2 aromatic rings. The summed E-state index contributed by atoms with van der Waals surface area (Å²) in [7, 11) is 0. The molecule has 0 saturated heterocycles. The van der Waals surface area contributed by atoms with Gasteiger partial charge in [-0.15, -0.1) is 0 Å². The van der Waals surface area contributed by atoms with Crippen molar-refractivity contribution < 1.29 is 4.42 Å². The van der Waals surface area contributed by atoms with Crippen molar-refractivity contribution in [2.75, 3.05) is 0 Å². The maximum Gasteiger partial charge on any atom is 0.167 e. The van der Waals surface area contributed by atoms with Crippen LogP contribution < -0.4 is 0 Å². The summed E-state index contributed by atoms with van der Waals surface area (Å²) < 4.78 is 6.91. The molecule has 0 fully saturated rings. The van der Waals surface area contributed by atoms with Crippen LogP contribution in [0.15, 0.2) is 32.0 Å². The number of pyridine rings is 1. The van der Waals surface area contributed by atoms with Gasteiger partial charge < -0.3 is 4.42 Å². The number of rotatable bonds is 0. The monoisotopic (exact) mass is 275 g/mol. The van der Waals surface area contributed by atoms with Gasteiger partial charge in [0, 0.05) is 11.6 Å². The van der Waals surface area contributed by atoms with E-state index in [1.54, 1.807) is 12.5 Å². The predicted molar refractivity (Wildman–Crippen MR) is 49.4 cm³/mol. The maximum atomic E-state index is 5.22. The van der Waals surface area contributed by atoms with Crippen LogP contribution in [0.5, 0.6) is 0 Å². The summed E-state index contributed by atoms with van der Waals surface area (Å²) in [5.74, 6) is 0. The minimum Gasteiger partial charge on any atom is -0.460 e. The Morgan fingerprint density at radius 2 is 2.18 bits per heavy atom. The molecule has 2 nitrogen and oxygen atoms in total. The Kier molecular flexibility index (Phi) is 1.73. The highest BCUT2D eigenvalue weighted by atomic mass is 79.9. The first kappa shape index (κ1) is 7.31. The zero-order chi connectivity index (χ0) is 7.84. The molecule has 2 heterocycles. The molecule has 11 heavy (non-hydrogen) atoms. The summed E-state index contributed by atoms with van der Waals surface area (Å²) in [5, 5.41) is 1.03. The molecule has 4 heteroatoms. The molecule has 0 aliphatic carbocycles. The van der Waals surface area contributed by atoms with Crippen LogP contribution in [0.1, 0.15) is 0 Å². The van der Waals surface area contributed by atoms with Crippen LogP contribution in [-0.4, -0.2) is 4.98 Å². The van der Waals surface area contributed by atoms with Crippen molar-refractivity contribution in [2.24, 2.45) is 0 Å². The number of fused-ring (bicyclic) bond motifs is 1. The summed E-state index contributed by atoms with van der Waals surface area (Å²) in [6, 6.07) is 1.90. The fraction of sp³-hybridized carbons (Fsp3) is 0. The van der Waals surface area contributed by atoms with E-state index in [0.29, 0.717) is 0 Å². The van der Waals surface area contributed by atoms with Crippen molar-refractivity contribution in [3.8, 4) is 0 Å². The zero-order valence-electron chi connectivity index (χ0n) is 5.34. The molecule has 0 radical (unpaired) electrons. The topological polar surface area (TPSA) is 26.0 Å². The minimum absolute atomic E-state index is 0.737. The highest BCUT2D eigenvalue weighted by Crippen LogP contribution is 2.29. The van der Waals surface area contributed by atoms with Crippen LogP contribution in [0.4, 0.5) is 0 Å². The lowest BCUT2D eigenvalue weighted by molar-refractivity contribution is 0.610. The van der Waals surface area contributed by atoms with Gasteiger partial charge in [0.1, 0.15) is 10.9 Å². The van der Waals surface area contributed by atoms with Gasteiger partial charge >= 0.3 is 0 Å². The van der Waals surface area contributed by atoms with Crippen molar-refractivity contribution in [1.82, 2.24) is 4.98 Å². The van der Waals surface area contributed by atoms with Crippen molar-refractivity contribution in [1.29, 1.82) is 0 Å². The molecule has 0 saturated carbocycles. The van der Waals surface area contributed by atoms with Gasteiger partial charge in [-0.1, -0.05) is 0 Å². The Balaban J connectivity index is 2.94. The van der Waals surface area contributed by atoms with E-state index in [1.807, 2.05) is 6.07 Å². The molecule has 0 amide bonds. The van der Waals surface area contributed by atoms with Crippen LogP contribution in [0.2, 0.25) is 0 Å². The van der Waals surface area contributed by atoms with Gasteiger partial charge in [-0.05, 0) is 37.9 Å². The van der Waals surface area contributed by atoms with Gasteiger partial charge in [0.25, 0.3) is 0 Å². The van der Waals surface area contributed by atoms with Crippen LogP contribution >= 0.6 is 31.9 Å². The van der Waals surface area contributed by atoms with Gasteiger partial charge in [0.05, 0.1) is 4.47 Å². The first-order valence-electron chi connectivity index (χ1n) is 2.96. The second kappa shape index (κ2) is 2.60. The second-order valence-corrected chi connectivity index (χ2v) is 3.67. The third-order valence-electron chi connectivity index (χ3n) is 1.40. The van der Waals surface area contributed by atoms with Crippen LogP contribution in [0, 0.1) is 0 Å². The van der Waals surface area contributed by atoms with E-state index < -0.39 is 0 Å². The quantitative estimate of drug-likeness (QED) is 0.690. The van der Waals surface area contributed by atoms with E-state index in [1.165, 1.54) is 0 Å². The third kappa shape index (κ3) is 1.10. The average Bonchev–Trinajstić information content (AvgIpc) is 2.35. The molecule has 0 unspecified atom stereocenters. The number of hydrogen-bond acceptors (Lipinski definition) is 2. The third-order valence-corrected chi connectivity index (χ3v) is 2.58. The summed E-state index contributed by atoms with van der Waals surface area (Å²) >= 11 is 6.64. The molecule has 0 aliphatic heterocycles. The van der Waals surface area contributed by atoms with Gasteiger partial charge in [0.15, 0.2) is 5.58 Å². The van der Waals surface area contributed by atoms with Gasteiger partial charge in [0.2, 0.25) is 0 Å². The lowest BCUT2D eigenvalue weighted by Gasteiger charge is -1.89. The van der Waals surface area contributed by atoms with Crippen LogP contribution in [0.3, 0.4) is 0 Å². The highest BCUT2D eigenvalue weighted by Gasteiger charge is 2.05. The highest BCUT2D eigenvalue weighted by molar-refractivity contribution is 9.11. The second-order valence-electron chi connectivity index (χ2n) is 2.06. The first-order valence-corrected chi connectivity index (χ1v) is 4.55. The number of furan rings is 1. The Morgan fingerprint density at radius 1 is 1.36 bits per heavy atom. The molecule has 0 atom stereocenters. The largest absolute Gasteiger partial charge is 0.460 e. The fourth-order valence-electron chi connectivity index (χ4n) is 0.897. The van der Waals surface area contributed by atoms with Crippen molar-refractivity contribution in [3.63, 3.8) is 0 Å². The Morgan fingerprint density at radius 3 is 2.91 bits per heavy atom. The van der Waals surface area contributed by atoms with Gasteiger partial charge in [-0.2, -0.15) is 0 Å². The molecule has 0 aromatic carbocycles. The molecule has 56 valence electrons. The van der Waals surface area contributed by atoms with E-state index in [-0.39, 0.29) is 0 Å². The van der Waals surface area contributed by atoms with Crippen molar-refractivity contribution >= 4 is 42.8 Å². The Bertz CT molecular complexity index is 396. The fourth-order valence-corrected chi connectivity index (χ4v) is 1.73. The van der Waals surface area contributed by atoms with Gasteiger partial charge in [-0.3, -0.25) is 0 Å². The molecule has 2 rings (SSSR count). The zero-order valence-corrected chi connectivity index (χ0v) is 8.52. The molecule has 0 N–H and O–H groups in total. The number of aromatic nitrogens is 1. The van der Waals surface area contributed by atoms with Crippen molar-refractivity contribution in [3.05, 3.63) is 27.6 Å². The number of nitrogens with zero attached hydrogens (tertiary/aromatic N) is 1. The lowest BCUT2D eigenvalue weighted by atomic mass is 10.3. The van der Waals surface area contributed by atoms with Crippen molar-refractivity contribution in [2.45, 2.75) is 0 Å². The van der Waals surface area contributed by atoms with E-state index >= 15 is 0 Å². The van der Waals surface area contributed by atoms with E-state index in [2.05, 4.69) is 36.8 Å². The van der Waals surface area contributed by atoms with Crippen LogP contribution in [0.25, 0.3) is 11.0 Å². The Hall–Kier alpha value is -0.350. The standard InChI is InChI=1S/C7H3Br2NO/c8-5-3-11-6-4(5)1-2-10-7(6)9/h1-3H. The average molecular weight is 277 g/mol. The molecule has 0 aliphatic rings. The summed E-state index contributed by atoms with van der Waals surface area (Å²) in [6.45, 7) is 0. The molecule has 0 bridgehead atoms. The summed E-state index contributed by atoms with van der Waals surface area (Å²) in [4.78, 5) is 4.02.